The van der Waals surface area contributed by atoms with E-state index in [2.05, 4.69) is 6.07 Å². The summed E-state index contributed by atoms with van der Waals surface area (Å²) in [5.41, 5.74) is 1.97. The van der Waals surface area contributed by atoms with Crippen LogP contribution in [0.3, 0.4) is 0 Å². The Hall–Kier alpha value is -2.43. The van der Waals surface area contributed by atoms with Gasteiger partial charge in [0.2, 0.25) is 0 Å². The molecule has 1 fully saturated rings. The van der Waals surface area contributed by atoms with Gasteiger partial charge in [0, 0.05) is 26.3 Å². The topological polar surface area (TPSA) is 43.7 Å². The van der Waals surface area contributed by atoms with Crippen LogP contribution in [0.1, 0.15) is 22.5 Å². The summed E-state index contributed by atoms with van der Waals surface area (Å²) in [6.45, 7) is 1.63. The summed E-state index contributed by atoms with van der Waals surface area (Å²) in [6.07, 6.45) is 3.88. The highest BCUT2D eigenvalue weighted by atomic mass is 16.5. The summed E-state index contributed by atoms with van der Waals surface area (Å²) in [4.78, 5) is 14.5. The fraction of sp³-hybridized carbons (Fsp3) is 0.421. The van der Waals surface area contributed by atoms with Gasteiger partial charge in [-0.15, -0.1) is 0 Å². The van der Waals surface area contributed by atoms with Crippen LogP contribution in [0.25, 0.3) is 0 Å². The van der Waals surface area contributed by atoms with Gasteiger partial charge in [-0.05, 0) is 48.6 Å². The average Bonchev–Trinajstić information content (AvgIpc) is 3.23. The number of hydrogen-bond acceptors (Lipinski definition) is 3. The van der Waals surface area contributed by atoms with Crippen LogP contribution in [-0.2, 0) is 13.5 Å². The van der Waals surface area contributed by atoms with E-state index in [0.717, 1.165) is 43.1 Å². The molecule has 0 aliphatic carbocycles. The Labute approximate surface area is 142 Å². The first-order valence-corrected chi connectivity index (χ1v) is 8.24. The fourth-order valence-electron chi connectivity index (χ4n) is 3.37. The molecule has 2 aromatic rings. The number of methoxy groups -OCH3 is 2. The maximum atomic E-state index is 12.6. The van der Waals surface area contributed by atoms with E-state index < -0.39 is 0 Å². The van der Waals surface area contributed by atoms with Crippen LogP contribution in [0.4, 0.5) is 0 Å². The molecular weight excluding hydrogens is 304 g/mol. The van der Waals surface area contributed by atoms with Crippen molar-refractivity contribution in [1.29, 1.82) is 0 Å². The SMILES string of the molecule is COc1ccc(CC2CCN(C(=O)c3cccn3C)C2)cc1OC. The zero-order valence-corrected chi connectivity index (χ0v) is 14.5. The van der Waals surface area contributed by atoms with Crippen LogP contribution in [0.15, 0.2) is 36.5 Å². The molecule has 1 aliphatic rings. The van der Waals surface area contributed by atoms with Crippen molar-refractivity contribution in [3.8, 4) is 11.5 Å². The number of aromatic nitrogens is 1. The van der Waals surface area contributed by atoms with Gasteiger partial charge in [0.05, 0.1) is 14.2 Å². The third-order valence-electron chi connectivity index (χ3n) is 4.71. The molecular formula is C19H24N2O3. The molecule has 1 unspecified atom stereocenters. The zero-order valence-electron chi connectivity index (χ0n) is 14.5. The predicted molar refractivity (Wildman–Crippen MR) is 92.7 cm³/mol. The summed E-state index contributed by atoms with van der Waals surface area (Å²) in [5, 5.41) is 0. The van der Waals surface area contributed by atoms with Gasteiger partial charge in [-0.1, -0.05) is 6.07 Å². The van der Waals surface area contributed by atoms with Gasteiger partial charge < -0.3 is 18.9 Å². The molecule has 1 aromatic carbocycles. The number of hydrogen-bond donors (Lipinski definition) is 0. The minimum absolute atomic E-state index is 0.123. The highest BCUT2D eigenvalue weighted by molar-refractivity contribution is 5.92. The van der Waals surface area contributed by atoms with Crippen molar-refractivity contribution in [2.24, 2.45) is 13.0 Å². The number of likely N-dealkylation sites (tertiary alicyclic amines) is 1. The second-order valence-corrected chi connectivity index (χ2v) is 6.30. The second-order valence-electron chi connectivity index (χ2n) is 6.30. The highest BCUT2D eigenvalue weighted by Gasteiger charge is 2.28. The molecule has 0 saturated carbocycles. The van der Waals surface area contributed by atoms with Gasteiger partial charge in [-0.25, -0.2) is 0 Å². The lowest BCUT2D eigenvalue weighted by Crippen LogP contribution is -2.30. The Balaban J connectivity index is 1.64. The summed E-state index contributed by atoms with van der Waals surface area (Å²) in [7, 11) is 5.20. The molecule has 0 spiro atoms. The van der Waals surface area contributed by atoms with E-state index >= 15 is 0 Å². The van der Waals surface area contributed by atoms with E-state index in [0.29, 0.717) is 5.92 Å². The molecule has 0 bridgehead atoms. The zero-order chi connectivity index (χ0) is 17.1. The van der Waals surface area contributed by atoms with Crippen molar-refractivity contribution in [3.05, 3.63) is 47.8 Å². The first kappa shape index (κ1) is 16.4. The van der Waals surface area contributed by atoms with Crippen LogP contribution >= 0.6 is 0 Å². The Bertz CT molecular complexity index is 723. The van der Waals surface area contributed by atoms with Gasteiger partial charge in [0.15, 0.2) is 11.5 Å². The minimum Gasteiger partial charge on any atom is -0.493 e. The summed E-state index contributed by atoms with van der Waals surface area (Å²) in [6, 6.07) is 9.83. The highest BCUT2D eigenvalue weighted by Crippen LogP contribution is 2.30. The van der Waals surface area contributed by atoms with E-state index in [1.807, 2.05) is 47.0 Å². The van der Waals surface area contributed by atoms with Crippen LogP contribution in [0.5, 0.6) is 11.5 Å². The Kier molecular flexibility index (Phi) is 4.79. The Morgan fingerprint density at radius 1 is 1.21 bits per heavy atom. The van der Waals surface area contributed by atoms with Crippen LogP contribution < -0.4 is 9.47 Å². The molecule has 1 atom stereocenters. The number of carbonyl (C=O) groups is 1. The molecule has 3 rings (SSSR count). The molecule has 1 aromatic heterocycles. The Morgan fingerprint density at radius 2 is 2.00 bits per heavy atom. The van der Waals surface area contributed by atoms with Crippen LogP contribution in [0.2, 0.25) is 0 Å². The third kappa shape index (κ3) is 3.25. The van der Waals surface area contributed by atoms with Gasteiger partial charge in [0.1, 0.15) is 5.69 Å². The lowest BCUT2D eigenvalue weighted by molar-refractivity contribution is 0.0777. The van der Waals surface area contributed by atoms with Crippen molar-refractivity contribution in [3.63, 3.8) is 0 Å². The lowest BCUT2D eigenvalue weighted by Gasteiger charge is -2.17. The van der Waals surface area contributed by atoms with Gasteiger partial charge >= 0.3 is 0 Å². The van der Waals surface area contributed by atoms with E-state index in [1.54, 1.807) is 14.2 Å². The van der Waals surface area contributed by atoms with Gasteiger partial charge in [-0.2, -0.15) is 0 Å². The maximum absolute atomic E-state index is 12.6. The number of rotatable bonds is 5. The molecule has 0 N–H and O–H groups in total. The van der Waals surface area contributed by atoms with Crippen molar-refractivity contribution < 1.29 is 14.3 Å². The lowest BCUT2D eigenvalue weighted by atomic mass is 9.98. The molecule has 1 amide bonds. The number of carbonyl (C=O) groups excluding carboxylic acids is 1. The number of benzene rings is 1. The molecule has 0 radical (unpaired) electrons. The van der Waals surface area contributed by atoms with Crippen molar-refractivity contribution >= 4 is 5.91 Å². The molecule has 1 saturated heterocycles. The minimum atomic E-state index is 0.123. The Morgan fingerprint density at radius 3 is 2.67 bits per heavy atom. The molecule has 128 valence electrons. The van der Waals surface area contributed by atoms with E-state index in [1.165, 1.54) is 5.56 Å². The molecule has 2 heterocycles. The van der Waals surface area contributed by atoms with E-state index in [-0.39, 0.29) is 5.91 Å². The monoisotopic (exact) mass is 328 g/mol. The average molecular weight is 328 g/mol. The molecule has 5 nitrogen and oxygen atoms in total. The smallest absolute Gasteiger partial charge is 0.270 e. The largest absolute Gasteiger partial charge is 0.493 e. The maximum Gasteiger partial charge on any atom is 0.270 e. The third-order valence-corrected chi connectivity index (χ3v) is 4.71. The molecule has 1 aliphatic heterocycles. The standard InChI is InChI=1S/C19H24N2O3/c1-20-9-4-5-16(20)19(22)21-10-8-15(13-21)11-14-6-7-17(23-2)18(12-14)24-3/h4-7,9,12,15H,8,10-11,13H2,1-3H3. The normalized spacial score (nSPS) is 17.1. The van der Waals surface area contributed by atoms with Gasteiger partial charge in [-0.3, -0.25) is 4.79 Å². The number of nitrogens with zero attached hydrogens (tertiary/aromatic N) is 2. The molecule has 24 heavy (non-hydrogen) atoms. The fourth-order valence-corrected chi connectivity index (χ4v) is 3.37. The molecule has 5 heteroatoms. The number of amides is 1. The van der Waals surface area contributed by atoms with Gasteiger partial charge in [0.25, 0.3) is 5.91 Å². The number of ether oxygens (including phenoxy) is 2. The first-order chi connectivity index (χ1) is 11.6. The summed E-state index contributed by atoms with van der Waals surface area (Å²) < 4.78 is 12.5. The van der Waals surface area contributed by atoms with Crippen molar-refractivity contribution in [1.82, 2.24) is 9.47 Å². The summed E-state index contributed by atoms with van der Waals surface area (Å²) >= 11 is 0. The van der Waals surface area contributed by atoms with Crippen LogP contribution in [0, 0.1) is 5.92 Å². The second kappa shape index (κ2) is 6.99. The quantitative estimate of drug-likeness (QED) is 0.848. The van der Waals surface area contributed by atoms with Crippen molar-refractivity contribution in [2.75, 3.05) is 27.3 Å². The van der Waals surface area contributed by atoms with Crippen LogP contribution in [-0.4, -0.2) is 42.7 Å². The predicted octanol–water partition coefficient (Wildman–Crippen LogP) is 2.75. The van der Waals surface area contributed by atoms with E-state index in [4.69, 9.17) is 9.47 Å². The summed E-state index contributed by atoms with van der Waals surface area (Å²) in [5.74, 6) is 2.10. The van der Waals surface area contributed by atoms with Crippen molar-refractivity contribution in [2.45, 2.75) is 12.8 Å². The first-order valence-electron chi connectivity index (χ1n) is 8.24. The number of aryl methyl sites for hydroxylation is 1. The van der Waals surface area contributed by atoms with E-state index in [9.17, 15) is 4.79 Å².